The van der Waals surface area contributed by atoms with Crippen molar-refractivity contribution in [1.29, 1.82) is 0 Å². The lowest BCUT2D eigenvalue weighted by atomic mass is 10.3. The molecule has 1 rings (SSSR count). The Hall–Kier alpha value is -0.980. The molecule has 1 aromatic rings. The molecule has 1 aromatic carbocycles. The second kappa shape index (κ2) is 4.15. The second-order valence-corrected chi connectivity index (χ2v) is 2.68. The van der Waals surface area contributed by atoms with Crippen LogP contribution in [0.25, 0.3) is 0 Å². The van der Waals surface area contributed by atoms with E-state index in [1.807, 2.05) is 6.07 Å². The van der Waals surface area contributed by atoms with Gasteiger partial charge in [0.1, 0.15) is 0 Å². The SMILES string of the molecule is Nc1ccccc1NC(=O)NI. The van der Waals surface area contributed by atoms with Crippen molar-refractivity contribution in [3.63, 3.8) is 0 Å². The predicted molar refractivity (Wildman–Crippen MR) is 57.0 cm³/mol. The zero-order chi connectivity index (χ0) is 8.97. The van der Waals surface area contributed by atoms with Crippen LogP contribution < -0.4 is 14.6 Å². The fourth-order valence-corrected chi connectivity index (χ4v) is 0.892. The van der Waals surface area contributed by atoms with Crippen LogP contribution >= 0.6 is 22.9 Å². The molecule has 0 aliphatic heterocycles. The van der Waals surface area contributed by atoms with Crippen LogP contribution in [-0.4, -0.2) is 6.03 Å². The Morgan fingerprint density at radius 2 is 2.08 bits per heavy atom. The van der Waals surface area contributed by atoms with E-state index in [9.17, 15) is 4.79 Å². The lowest BCUT2D eigenvalue weighted by Crippen LogP contribution is -2.20. The maximum atomic E-state index is 10.8. The van der Waals surface area contributed by atoms with Gasteiger partial charge in [0.15, 0.2) is 0 Å². The van der Waals surface area contributed by atoms with Crippen molar-refractivity contribution in [1.82, 2.24) is 3.53 Å². The van der Waals surface area contributed by atoms with E-state index in [0.29, 0.717) is 11.4 Å². The number of benzene rings is 1. The van der Waals surface area contributed by atoms with E-state index >= 15 is 0 Å². The minimum atomic E-state index is -0.284. The number of para-hydroxylation sites is 2. The number of halogens is 1. The minimum absolute atomic E-state index is 0.284. The van der Waals surface area contributed by atoms with Crippen molar-refractivity contribution in [3.8, 4) is 0 Å². The maximum absolute atomic E-state index is 10.8. The van der Waals surface area contributed by atoms with Gasteiger partial charge in [0.25, 0.3) is 0 Å². The Morgan fingerprint density at radius 1 is 1.42 bits per heavy atom. The number of carbonyl (C=O) groups excluding carboxylic acids is 1. The molecule has 4 nitrogen and oxygen atoms in total. The maximum Gasteiger partial charge on any atom is 0.328 e. The molecule has 5 heteroatoms. The van der Waals surface area contributed by atoms with Gasteiger partial charge in [-0.1, -0.05) is 12.1 Å². The molecule has 0 unspecified atom stereocenters. The zero-order valence-electron chi connectivity index (χ0n) is 6.17. The molecule has 0 fully saturated rings. The number of anilines is 2. The Balaban J connectivity index is 2.75. The molecule has 0 aliphatic carbocycles. The lowest BCUT2D eigenvalue weighted by Gasteiger charge is -2.05. The standard InChI is InChI=1S/C7H8IN3O/c8-11-7(12)10-6-4-2-1-3-5(6)9/h1-4H,9H2,(H2,10,11,12). The van der Waals surface area contributed by atoms with E-state index in [-0.39, 0.29) is 6.03 Å². The van der Waals surface area contributed by atoms with Gasteiger partial charge >= 0.3 is 6.03 Å². The topological polar surface area (TPSA) is 67.1 Å². The van der Waals surface area contributed by atoms with Gasteiger partial charge in [0.2, 0.25) is 0 Å². The molecule has 0 bridgehead atoms. The molecule has 0 radical (unpaired) electrons. The summed E-state index contributed by atoms with van der Waals surface area (Å²) in [5.74, 6) is 0. The molecule has 0 atom stereocenters. The monoisotopic (exact) mass is 277 g/mol. The zero-order valence-corrected chi connectivity index (χ0v) is 8.33. The van der Waals surface area contributed by atoms with Crippen LogP contribution in [0.5, 0.6) is 0 Å². The van der Waals surface area contributed by atoms with Crippen LogP contribution in [0.15, 0.2) is 24.3 Å². The molecular weight excluding hydrogens is 269 g/mol. The summed E-state index contributed by atoms with van der Waals surface area (Å²) in [6.45, 7) is 0. The van der Waals surface area contributed by atoms with Crippen molar-refractivity contribution in [3.05, 3.63) is 24.3 Å². The molecular formula is C7H8IN3O. The van der Waals surface area contributed by atoms with Gasteiger partial charge in [-0.25, -0.2) is 4.79 Å². The van der Waals surface area contributed by atoms with Crippen LogP contribution in [0.4, 0.5) is 16.2 Å². The highest BCUT2D eigenvalue weighted by molar-refractivity contribution is 14.1. The number of hydrogen-bond donors (Lipinski definition) is 3. The summed E-state index contributed by atoms with van der Waals surface area (Å²) < 4.78 is 2.41. The predicted octanol–water partition coefficient (Wildman–Crippen LogP) is 1.74. The van der Waals surface area contributed by atoms with E-state index < -0.39 is 0 Å². The molecule has 0 heterocycles. The fraction of sp³-hybridized carbons (Fsp3) is 0. The van der Waals surface area contributed by atoms with Crippen molar-refractivity contribution in [2.45, 2.75) is 0 Å². The average molecular weight is 277 g/mol. The third-order valence-electron chi connectivity index (χ3n) is 1.29. The van der Waals surface area contributed by atoms with Gasteiger partial charge in [0, 0.05) is 0 Å². The van der Waals surface area contributed by atoms with Crippen molar-refractivity contribution in [2.24, 2.45) is 0 Å². The first-order chi connectivity index (χ1) is 5.74. The smallest absolute Gasteiger partial charge is 0.328 e. The van der Waals surface area contributed by atoms with Crippen LogP contribution in [0.3, 0.4) is 0 Å². The number of nitrogen functional groups attached to an aromatic ring is 1. The van der Waals surface area contributed by atoms with E-state index in [4.69, 9.17) is 5.73 Å². The number of nitrogens with one attached hydrogen (secondary N) is 2. The van der Waals surface area contributed by atoms with Crippen molar-refractivity contribution >= 4 is 40.3 Å². The molecule has 0 aromatic heterocycles. The van der Waals surface area contributed by atoms with E-state index in [1.165, 1.54) is 0 Å². The van der Waals surface area contributed by atoms with Gasteiger partial charge < -0.3 is 11.1 Å². The van der Waals surface area contributed by atoms with Gasteiger partial charge in [-0.2, -0.15) is 0 Å². The third-order valence-corrected chi connectivity index (χ3v) is 1.78. The van der Waals surface area contributed by atoms with Crippen LogP contribution in [0, 0.1) is 0 Å². The molecule has 0 aliphatic rings. The molecule has 0 saturated carbocycles. The normalized spacial score (nSPS) is 9.08. The molecule has 12 heavy (non-hydrogen) atoms. The summed E-state index contributed by atoms with van der Waals surface area (Å²) in [4.78, 5) is 10.8. The molecule has 0 spiro atoms. The van der Waals surface area contributed by atoms with Crippen molar-refractivity contribution < 1.29 is 4.79 Å². The fourth-order valence-electron chi connectivity index (χ4n) is 0.757. The first-order valence-electron chi connectivity index (χ1n) is 3.26. The third kappa shape index (κ3) is 2.26. The number of urea groups is 1. The van der Waals surface area contributed by atoms with Crippen LogP contribution in [-0.2, 0) is 0 Å². The number of nitrogens with two attached hydrogens (primary N) is 1. The van der Waals surface area contributed by atoms with E-state index in [2.05, 4.69) is 8.85 Å². The first kappa shape index (κ1) is 9.11. The number of carbonyl (C=O) groups is 1. The Morgan fingerprint density at radius 3 is 2.67 bits per heavy atom. The molecule has 0 saturated heterocycles. The van der Waals surface area contributed by atoms with Crippen LogP contribution in [0.1, 0.15) is 0 Å². The summed E-state index contributed by atoms with van der Waals surface area (Å²) in [5, 5.41) is 2.58. The van der Waals surface area contributed by atoms with Crippen LogP contribution in [0.2, 0.25) is 0 Å². The van der Waals surface area contributed by atoms with Gasteiger partial charge in [-0.15, -0.1) is 0 Å². The summed E-state index contributed by atoms with van der Waals surface area (Å²) >= 11 is 1.75. The van der Waals surface area contributed by atoms with E-state index in [0.717, 1.165) is 0 Å². The van der Waals surface area contributed by atoms with Gasteiger partial charge in [-0.3, -0.25) is 3.53 Å². The molecule has 64 valence electrons. The van der Waals surface area contributed by atoms with E-state index in [1.54, 1.807) is 41.1 Å². The molecule has 4 N–H and O–H groups in total. The Labute approximate surface area is 84.0 Å². The Bertz CT molecular complexity index is 290. The van der Waals surface area contributed by atoms with Crippen molar-refractivity contribution in [2.75, 3.05) is 11.1 Å². The first-order valence-corrected chi connectivity index (χ1v) is 4.34. The summed E-state index contributed by atoms with van der Waals surface area (Å²) in [6, 6.07) is 6.79. The average Bonchev–Trinajstić information content (AvgIpc) is 2.09. The quantitative estimate of drug-likeness (QED) is 0.416. The lowest BCUT2D eigenvalue weighted by molar-refractivity contribution is 0.258. The number of amides is 2. The summed E-state index contributed by atoms with van der Waals surface area (Å²) in [5.41, 5.74) is 6.75. The number of hydrogen-bond acceptors (Lipinski definition) is 2. The second-order valence-electron chi connectivity index (χ2n) is 2.14. The summed E-state index contributed by atoms with van der Waals surface area (Å²) in [7, 11) is 0. The minimum Gasteiger partial charge on any atom is -0.397 e. The van der Waals surface area contributed by atoms with Gasteiger partial charge in [-0.05, 0) is 12.1 Å². The van der Waals surface area contributed by atoms with Gasteiger partial charge in [0.05, 0.1) is 34.2 Å². The number of rotatable bonds is 1. The highest BCUT2D eigenvalue weighted by Gasteiger charge is 2.00. The summed E-state index contributed by atoms with van der Waals surface area (Å²) in [6.07, 6.45) is 0. The highest BCUT2D eigenvalue weighted by Crippen LogP contribution is 2.16. The Kier molecular flexibility index (Phi) is 3.15. The largest absolute Gasteiger partial charge is 0.397 e. The molecule has 2 amide bonds. The highest BCUT2D eigenvalue weighted by atomic mass is 127.